The topological polar surface area (TPSA) is 35.6 Å². The smallest absolute Gasteiger partial charge is 0.335 e. The summed E-state index contributed by atoms with van der Waals surface area (Å²) in [5.74, 6) is -1.35. The van der Waals surface area contributed by atoms with Gasteiger partial charge in [-0.1, -0.05) is 19.9 Å². The van der Waals surface area contributed by atoms with Crippen molar-refractivity contribution in [3.8, 4) is 0 Å². The van der Waals surface area contributed by atoms with E-state index in [9.17, 15) is 18.0 Å². The number of rotatable bonds is 3. The van der Waals surface area contributed by atoms with E-state index in [1.165, 1.54) is 0 Å². The van der Waals surface area contributed by atoms with E-state index in [-0.39, 0.29) is 31.6 Å². The lowest BCUT2D eigenvalue weighted by Crippen LogP contribution is -2.56. The van der Waals surface area contributed by atoms with Gasteiger partial charge >= 0.3 is 12.2 Å². The molecule has 2 heterocycles. The van der Waals surface area contributed by atoms with Crippen molar-refractivity contribution in [2.45, 2.75) is 45.3 Å². The van der Waals surface area contributed by atoms with Crippen LogP contribution in [-0.4, -0.2) is 60.8 Å². The summed E-state index contributed by atoms with van der Waals surface area (Å²) in [7, 11) is 0. The molecule has 0 saturated carbocycles. The highest BCUT2D eigenvalue weighted by molar-refractivity contribution is 5.74. The van der Waals surface area contributed by atoms with Crippen LogP contribution >= 0.6 is 0 Å². The molecular weight excluding hydrogens is 319 g/mol. The molecule has 2 aliphatic heterocycles. The van der Waals surface area contributed by atoms with E-state index >= 15 is 0 Å². The minimum absolute atomic E-state index is 0.0261. The third kappa shape index (κ3) is 4.65. The zero-order chi connectivity index (χ0) is 18.0. The van der Waals surface area contributed by atoms with Crippen LogP contribution in [0.3, 0.4) is 0 Å². The number of carbonyl (C=O) groups excluding carboxylic acids is 1. The van der Waals surface area contributed by atoms with Crippen LogP contribution < -0.4 is 5.32 Å². The first-order valence-electron chi connectivity index (χ1n) is 8.59. The molecule has 24 heavy (non-hydrogen) atoms. The molecule has 4 nitrogen and oxygen atoms in total. The normalized spacial score (nSPS) is 26.2. The number of hydrogen-bond acceptors (Lipinski definition) is 2. The van der Waals surface area contributed by atoms with Crippen molar-refractivity contribution in [1.29, 1.82) is 0 Å². The van der Waals surface area contributed by atoms with E-state index in [2.05, 4.69) is 16.8 Å². The summed E-state index contributed by atoms with van der Waals surface area (Å²) in [5, 5.41) is 3.00. The summed E-state index contributed by atoms with van der Waals surface area (Å²) < 4.78 is 39.3. The fraction of sp³-hybridized carbons (Fsp3) is 0.824. The summed E-state index contributed by atoms with van der Waals surface area (Å²) in [4.78, 5) is 16.2. The predicted molar refractivity (Wildman–Crippen MR) is 87.7 cm³/mol. The second-order valence-electron chi connectivity index (χ2n) is 7.61. The number of carbonyl (C=O) groups is 1. The Bertz CT molecular complexity index is 456. The van der Waals surface area contributed by atoms with Gasteiger partial charge in [0.2, 0.25) is 0 Å². The third-order valence-electron chi connectivity index (χ3n) is 5.21. The maximum Gasteiger partial charge on any atom is 0.392 e. The first-order chi connectivity index (χ1) is 11.1. The average Bonchev–Trinajstić information content (AvgIpc) is 2.47. The highest BCUT2D eigenvalue weighted by Gasteiger charge is 2.51. The number of nitrogens with one attached hydrogen (secondary N) is 1. The molecule has 0 aliphatic carbocycles. The van der Waals surface area contributed by atoms with Gasteiger partial charge in [-0.15, -0.1) is 6.58 Å². The Morgan fingerprint density at radius 2 is 1.88 bits per heavy atom. The van der Waals surface area contributed by atoms with E-state index < -0.39 is 17.5 Å². The minimum Gasteiger partial charge on any atom is -0.335 e. The Morgan fingerprint density at radius 3 is 2.38 bits per heavy atom. The van der Waals surface area contributed by atoms with Gasteiger partial charge < -0.3 is 10.2 Å². The van der Waals surface area contributed by atoms with Gasteiger partial charge in [-0.05, 0) is 24.7 Å². The molecule has 7 heteroatoms. The molecule has 0 radical (unpaired) electrons. The van der Waals surface area contributed by atoms with Crippen LogP contribution in [0.25, 0.3) is 0 Å². The van der Waals surface area contributed by atoms with Crippen molar-refractivity contribution in [1.82, 2.24) is 15.1 Å². The van der Waals surface area contributed by atoms with E-state index in [0.29, 0.717) is 0 Å². The monoisotopic (exact) mass is 347 g/mol. The number of likely N-dealkylation sites (tertiary alicyclic amines) is 2. The quantitative estimate of drug-likeness (QED) is 0.796. The van der Waals surface area contributed by atoms with Crippen LogP contribution in [0.4, 0.5) is 18.0 Å². The van der Waals surface area contributed by atoms with Crippen molar-refractivity contribution in [3.63, 3.8) is 0 Å². The van der Waals surface area contributed by atoms with Crippen LogP contribution in [0.2, 0.25) is 0 Å². The second-order valence-corrected chi connectivity index (χ2v) is 7.61. The highest BCUT2D eigenvalue weighted by Crippen LogP contribution is 2.45. The Hall–Kier alpha value is -1.24. The van der Waals surface area contributed by atoms with Crippen LogP contribution in [0, 0.1) is 11.3 Å². The van der Waals surface area contributed by atoms with Crippen LogP contribution in [0.1, 0.15) is 33.1 Å². The minimum atomic E-state index is -4.20. The first-order valence-corrected chi connectivity index (χ1v) is 8.59. The lowest BCUT2D eigenvalue weighted by Gasteiger charge is -2.45. The second kappa shape index (κ2) is 7.33. The summed E-state index contributed by atoms with van der Waals surface area (Å²) >= 11 is 0. The average molecular weight is 347 g/mol. The molecule has 0 unspecified atom stereocenters. The summed E-state index contributed by atoms with van der Waals surface area (Å²) in [6, 6.07) is -0.132. The summed E-state index contributed by atoms with van der Waals surface area (Å²) in [6.07, 6.45) is -0.637. The Kier molecular flexibility index (Phi) is 5.83. The Labute approximate surface area is 142 Å². The molecule has 0 bridgehead atoms. The molecule has 1 N–H and O–H groups in total. The molecule has 2 rings (SSSR count). The number of nitrogens with zero attached hydrogens (tertiary/aromatic N) is 2. The van der Waals surface area contributed by atoms with Gasteiger partial charge in [-0.2, -0.15) is 13.2 Å². The maximum atomic E-state index is 13.1. The molecular formula is C17H28F3N3O. The lowest BCUT2D eigenvalue weighted by molar-refractivity contribution is -0.214. The molecule has 2 amide bonds. The summed E-state index contributed by atoms with van der Waals surface area (Å²) in [6.45, 7) is 9.86. The third-order valence-corrected chi connectivity index (χ3v) is 5.21. The van der Waals surface area contributed by atoms with Crippen LogP contribution in [-0.2, 0) is 0 Å². The number of urea groups is 1. The molecule has 0 spiro atoms. The Morgan fingerprint density at radius 1 is 1.25 bits per heavy atom. The van der Waals surface area contributed by atoms with Crippen molar-refractivity contribution in [3.05, 3.63) is 12.7 Å². The van der Waals surface area contributed by atoms with E-state index in [4.69, 9.17) is 0 Å². The van der Waals surface area contributed by atoms with Gasteiger partial charge in [-0.25, -0.2) is 4.79 Å². The summed E-state index contributed by atoms with van der Waals surface area (Å²) in [5.41, 5.74) is -0.957. The fourth-order valence-corrected chi connectivity index (χ4v) is 3.85. The molecule has 1 atom stereocenters. The Balaban J connectivity index is 1.85. The number of amides is 2. The van der Waals surface area contributed by atoms with Crippen molar-refractivity contribution < 1.29 is 18.0 Å². The van der Waals surface area contributed by atoms with E-state index in [1.807, 2.05) is 6.08 Å². The van der Waals surface area contributed by atoms with Crippen LogP contribution in [0.15, 0.2) is 12.7 Å². The van der Waals surface area contributed by atoms with Crippen molar-refractivity contribution in [2.75, 3.05) is 32.7 Å². The van der Waals surface area contributed by atoms with Crippen molar-refractivity contribution in [2.24, 2.45) is 11.3 Å². The molecule has 2 fully saturated rings. The zero-order valence-corrected chi connectivity index (χ0v) is 14.5. The predicted octanol–water partition coefficient (Wildman–Crippen LogP) is 3.26. The SMILES string of the molecule is C=CCN1CCC(NC(=O)N2CC[C@H](C(F)(F)F)C(C)(C)C2)CC1. The standard InChI is InChI=1S/C17H28F3N3O/c1-4-8-22-9-5-13(6-10-22)21-15(24)23-11-7-14(17(18,19)20)16(2,3)12-23/h4,13-14H,1,5-12H2,2-3H3,(H,21,24)/t14-/m0/s1. The molecule has 2 saturated heterocycles. The number of piperidine rings is 2. The highest BCUT2D eigenvalue weighted by atomic mass is 19.4. The van der Waals surface area contributed by atoms with Crippen LogP contribution in [0.5, 0.6) is 0 Å². The molecule has 0 aromatic rings. The van der Waals surface area contributed by atoms with Gasteiger partial charge in [0.05, 0.1) is 5.92 Å². The van der Waals surface area contributed by atoms with E-state index in [1.54, 1.807) is 18.7 Å². The van der Waals surface area contributed by atoms with Gasteiger partial charge in [0.25, 0.3) is 0 Å². The molecule has 0 aromatic heterocycles. The van der Waals surface area contributed by atoms with Gasteiger partial charge in [-0.3, -0.25) is 4.90 Å². The van der Waals surface area contributed by atoms with Gasteiger partial charge in [0, 0.05) is 38.8 Å². The van der Waals surface area contributed by atoms with Crippen molar-refractivity contribution >= 4 is 6.03 Å². The first kappa shape index (κ1) is 19.1. The molecule has 2 aliphatic rings. The number of hydrogen-bond donors (Lipinski definition) is 1. The van der Waals surface area contributed by atoms with Gasteiger partial charge in [0.1, 0.15) is 0 Å². The largest absolute Gasteiger partial charge is 0.392 e. The fourth-order valence-electron chi connectivity index (χ4n) is 3.85. The number of alkyl halides is 3. The van der Waals surface area contributed by atoms with Gasteiger partial charge in [0.15, 0.2) is 0 Å². The molecule has 0 aromatic carbocycles. The maximum absolute atomic E-state index is 13.1. The molecule has 138 valence electrons. The lowest BCUT2D eigenvalue weighted by atomic mass is 9.73. The van der Waals surface area contributed by atoms with E-state index in [0.717, 1.165) is 32.5 Å². The zero-order valence-electron chi connectivity index (χ0n) is 14.5. The number of halogens is 3.